The van der Waals surface area contributed by atoms with Crippen molar-refractivity contribution in [3.05, 3.63) is 96.1 Å². The molecule has 0 aliphatic heterocycles. The third kappa shape index (κ3) is 3.61. The summed E-state index contributed by atoms with van der Waals surface area (Å²) in [4.78, 5) is 24.7. The lowest BCUT2D eigenvalue weighted by atomic mass is 10.2. The number of amides is 2. The topological polar surface area (TPSA) is 92.7 Å². The lowest BCUT2D eigenvalue weighted by molar-refractivity contribution is 0.0978. The molecule has 3 rings (SSSR count). The average molecular weight is 346 g/mol. The van der Waals surface area contributed by atoms with Crippen LogP contribution in [0.2, 0.25) is 0 Å². The van der Waals surface area contributed by atoms with Gasteiger partial charge in [-0.05, 0) is 48.5 Å². The molecule has 0 heterocycles. The molecule has 6 nitrogen and oxygen atoms in total. The summed E-state index contributed by atoms with van der Waals surface area (Å²) >= 11 is 0. The molecule has 0 unspecified atom stereocenters. The molecule has 130 valence electrons. The van der Waals surface area contributed by atoms with Gasteiger partial charge in [-0.25, -0.2) is 21.7 Å². The Balaban J connectivity index is 1.76. The summed E-state index contributed by atoms with van der Waals surface area (Å²) in [6.07, 6.45) is 0. The van der Waals surface area contributed by atoms with Crippen LogP contribution in [-0.4, -0.2) is 11.8 Å². The molecule has 0 aromatic heterocycles. The number of hydrogen-bond donors (Lipinski definition) is 2. The molecule has 2 amide bonds. The quantitative estimate of drug-likeness (QED) is 0.431. The molecule has 3 aromatic carbocycles. The maximum Gasteiger partial charge on any atom is 0.272 e. The van der Waals surface area contributed by atoms with Crippen LogP contribution in [0.3, 0.4) is 0 Å². The number of carbonyl (C=O) groups excluding carboxylic acids is 2. The molecule has 0 saturated carbocycles. The van der Waals surface area contributed by atoms with Crippen LogP contribution in [0.4, 0.5) is 11.4 Å². The third-order valence-electron chi connectivity index (χ3n) is 3.89. The first-order valence-corrected chi connectivity index (χ1v) is 7.96. The SMILES string of the molecule is NN(C(=O)c1ccccc1)c1ccc(N(N)C(=O)c2ccccc2)cc1. The smallest absolute Gasteiger partial charge is 0.267 e. The molecule has 4 N–H and O–H groups in total. The van der Waals surface area contributed by atoms with E-state index in [4.69, 9.17) is 11.7 Å². The third-order valence-corrected chi connectivity index (χ3v) is 3.89. The number of carbonyl (C=O) groups is 2. The van der Waals surface area contributed by atoms with E-state index in [1.165, 1.54) is 0 Å². The van der Waals surface area contributed by atoms with Crippen molar-refractivity contribution in [2.45, 2.75) is 0 Å². The number of anilines is 2. The van der Waals surface area contributed by atoms with Crippen molar-refractivity contribution in [2.75, 3.05) is 10.0 Å². The van der Waals surface area contributed by atoms with Crippen molar-refractivity contribution >= 4 is 23.2 Å². The van der Waals surface area contributed by atoms with Crippen LogP contribution < -0.4 is 21.7 Å². The second kappa shape index (κ2) is 7.60. The van der Waals surface area contributed by atoms with Crippen molar-refractivity contribution in [3.8, 4) is 0 Å². The van der Waals surface area contributed by atoms with Crippen LogP contribution >= 0.6 is 0 Å². The summed E-state index contributed by atoms with van der Waals surface area (Å²) in [5, 5.41) is 2.11. The van der Waals surface area contributed by atoms with Gasteiger partial charge in [-0.15, -0.1) is 0 Å². The minimum absolute atomic E-state index is 0.330. The Hall–Kier alpha value is -3.48. The highest BCUT2D eigenvalue weighted by Crippen LogP contribution is 2.20. The molecule has 0 bridgehead atoms. The molecular weight excluding hydrogens is 328 g/mol. The molecule has 26 heavy (non-hydrogen) atoms. The van der Waals surface area contributed by atoms with Crippen LogP contribution in [0, 0.1) is 0 Å². The Labute approximate surface area is 151 Å². The van der Waals surface area contributed by atoms with E-state index in [1.807, 2.05) is 12.1 Å². The molecule has 0 fully saturated rings. The van der Waals surface area contributed by atoms with Crippen molar-refractivity contribution in [1.82, 2.24) is 0 Å². The first-order valence-electron chi connectivity index (χ1n) is 7.96. The molecule has 0 atom stereocenters. The highest BCUT2D eigenvalue weighted by atomic mass is 16.2. The Kier molecular flexibility index (Phi) is 5.07. The van der Waals surface area contributed by atoms with Gasteiger partial charge in [-0.1, -0.05) is 36.4 Å². The number of rotatable bonds is 4. The summed E-state index contributed by atoms with van der Waals surface area (Å²) in [6, 6.07) is 24.0. The van der Waals surface area contributed by atoms with E-state index < -0.39 is 0 Å². The Morgan fingerprint density at radius 2 is 0.846 bits per heavy atom. The Bertz CT molecular complexity index is 820. The normalized spacial score (nSPS) is 10.2. The van der Waals surface area contributed by atoms with Gasteiger partial charge in [0.25, 0.3) is 11.8 Å². The van der Waals surface area contributed by atoms with Gasteiger partial charge in [0.1, 0.15) is 0 Å². The molecule has 0 aliphatic carbocycles. The summed E-state index contributed by atoms with van der Waals surface area (Å²) in [5.74, 6) is 11.2. The summed E-state index contributed by atoms with van der Waals surface area (Å²) in [7, 11) is 0. The molecule has 3 aromatic rings. The average Bonchev–Trinajstić information content (AvgIpc) is 2.73. The van der Waals surface area contributed by atoms with Crippen molar-refractivity contribution in [1.29, 1.82) is 0 Å². The maximum absolute atomic E-state index is 12.4. The van der Waals surface area contributed by atoms with E-state index in [2.05, 4.69) is 0 Å². The predicted molar refractivity (Wildman–Crippen MR) is 101 cm³/mol. The van der Waals surface area contributed by atoms with Crippen molar-refractivity contribution in [2.24, 2.45) is 11.7 Å². The predicted octanol–water partition coefficient (Wildman–Crippen LogP) is 2.73. The van der Waals surface area contributed by atoms with Crippen LogP contribution in [0.5, 0.6) is 0 Å². The minimum atomic E-state index is -0.330. The molecule has 0 aliphatic rings. The Morgan fingerprint density at radius 3 is 1.15 bits per heavy atom. The zero-order valence-electron chi connectivity index (χ0n) is 13.9. The minimum Gasteiger partial charge on any atom is -0.267 e. The summed E-state index contributed by atoms with van der Waals surface area (Å²) in [5.41, 5.74) is 1.95. The van der Waals surface area contributed by atoms with E-state index in [0.29, 0.717) is 22.5 Å². The zero-order chi connectivity index (χ0) is 18.5. The van der Waals surface area contributed by atoms with Crippen molar-refractivity contribution < 1.29 is 9.59 Å². The van der Waals surface area contributed by atoms with Crippen LogP contribution in [0.1, 0.15) is 20.7 Å². The van der Waals surface area contributed by atoms with E-state index >= 15 is 0 Å². The van der Waals surface area contributed by atoms with Gasteiger partial charge in [0.05, 0.1) is 11.4 Å². The van der Waals surface area contributed by atoms with Gasteiger partial charge in [0.15, 0.2) is 0 Å². The van der Waals surface area contributed by atoms with Gasteiger partial charge >= 0.3 is 0 Å². The van der Waals surface area contributed by atoms with E-state index in [0.717, 1.165) is 10.0 Å². The summed E-state index contributed by atoms with van der Waals surface area (Å²) < 4.78 is 0. The monoisotopic (exact) mass is 346 g/mol. The summed E-state index contributed by atoms with van der Waals surface area (Å²) in [6.45, 7) is 0. The Morgan fingerprint density at radius 1 is 0.538 bits per heavy atom. The van der Waals surface area contributed by atoms with Gasteiger partial charge in [0, 0.05) is 11.1 Å². The van der Waals surface area contributed by atoms with Crippen LogP contribution in [0.15, 0.2) is 84.9 Å². The molecule has 0 radical (unpaired) electrons. The number of hydrazine groups is 2. The zero-order valence-corrected chi connectivity index (χ0v) is 13.9. The largest absolute Gasteiger partial charge is 0.272 e. The lowest BCUT2D eigenvalue weighted by Gasteiger charge is -2.20. The maximum atomic E-state index is 12.4. The van der Waals surface area contributed by atoms with Crippen LogP contribution in [0.25, 0.3) is 0 Å². The number of nitrogens with two attached hydrogens (primary N) is 2. The molecule has 0 saturated heterocycles. The fraction of sp³-hybridized carbons (Fsp3) is 0. The number of nitrogens with zero attached hydrogens (tertiary/aromatic N) is 2. The molecule has 6 heteroatoms. The number of hydrogen-bond acceptors (Lipinski definition) is 4. The second-order valence-corrected chi connectivity index (χ2v) is 5.60. The van der Waals surface area contributed by atoms with E-state index in [9.17, 15) is 9.59 Å². The van der Waals surface area contributed by atoms with Crippen molar-refractivity contribution in [3.63, 3.8) is 0 Å². The first-order chi connectivity index (χ1) is 12.6. The first kappa shape index (κ1) is 17.3. The fourth-order valence-electron chi connectivity index (χ4n) is 2.45. The number of benzene rings is 3. The van der Waals surface area contributed by atoms with Crippen LogP contribution in [-0.2, 0) is 0 Å². The molecular formula is C20H18N4O2. The van der Waals surface area contributed by atoms with E-state index in [-0.39, 0.29) is 11.8 Å². The van der Waals surface area contributed by atoms with Gasteiger partial charge in [0.2, 0.25) is 0 Å². The molecule has 0 spiro atoms. The van der Waals surface area contributed by atoms with Gasteiger partial charge in [-0.2, -0.15) is 0 Å². The highest BCUT2D eigenvalue weighted by molar-refractivity contribution is 6.06. The van der Waals surface area contributed by atoms with Gasteiger partial charge in [-0.3, -0.25) is 9.59 Å². The highest BCUT2D eigenvalue weighted by Gasteiger charge is 2.16. The van der Waals surface area contributed by atoms with Gasteiger partial charge < -0.3 is 0 Å². The van der Waals surface area contributed by atoms with E-state index in [1.54, 1.807) is 72.8 Å². The standard InChI is InChI=1S/C20H18N4O2/c21-23(19(25)15-7-3-1-4-8-15)17-11-13-18(14-12-17)24(22)20(26)16-9-5-2-6-10-16/h1-14H,21-22H2. The lowest BCUT2D eigenvalue weighted by Crippen LogP contribution is -2.38. The second-order valence-electron chi connectivity index (χ2n) is 5.60. The fourth-order valence-corrected chi connectivity index (χ4v) is 2.45.